The van der Waals surface area contributed by atoms with Crippen LogP contribution < -0.4 is 11.1 Å². The van der Waals surface area contributed by atoms with Crippen molar-refractivity contribution in [3.63, 3.8) is 0 Å². The Morgan fingerprint density at radius 3 is 2.56 bits per heavy atom. The van der Waals surface area contributed by atoms with Gasteiger partial charge in [-0.15, -0.1) is 0 Å². The van der Waals surface area contributed by atoms with E-state index in [1.807, 2.05) is 36.4 Å². The van der Waals surface area contributed by atoms with Gasteiger partial charge in [0.05, 0.1) is 6.42 Å². The lowest BCUT2D eigenvalue weighted by Crippen LogP contribution is -2.29. The molecule has 2 heterocycles. The summed E-state index contributed by atoms with van der Waals surface area (Å²) in [5.41, 5.74) is 8.63. The summed E-state index contributed by atoms with van der Waals surface area (Å²) in [4.78, 5) is 16.4. The summed E-state index contributed by atoms with van der Waals surface area (Å²) in [6.45, 7) is 2.17. The number of amides is 1. The first kappa shape index (κ1) is 17.3. The van der Waals surface area contributed by atoms with Crippen LogP contribution in [0.15, 0.2) is 53.2 Å². The van der Waals surface area contributed by atoms with Gasteiger partial charge >= 0.3 is 0 Å². The molecule has 0 bridgehead atoms. The zero-order chi connectivity index (χ0) is 18.9. The zero-order valence-corrected chi connectivity index (χ0v) is 15.2. The predicted octanol–water partition coefficient (Wildman–Crippen LogP) is 3.94. The van der Waals surface area contributed by atoms with Gasteiger partial charge in [0.1, 0.15) is 11.6 Å². The molecule has 3 N–H and O–H groups in total. The van der Waals surface area contributed by atoms with Crippen molar-refractivity contribution in [3.05, 3.63) is 60.0 Å². The highest BCUT2D eigenvalue weighted by Gasteiger charge is 2.37. The summed E-state index contributed by atoms with van der Waals surface area (Å²) in [6.07, 6.45) is 5.43. The molecule has 0 unspecified atom stereocenters. The Labute approximate surface area is 157 Å². The molecular formula is C21H22N4O2. The number of hydrogen-bond acceptors (Lipinski definition) is 5. The third kappa shape index (κ3) is 3.69. The Kier molecular flexibility index (Phi) is 4.39. The standard InChI is InChI=1S/C21H22N4O2/c1-21(9-2-10-21)17-12-19(25-27-17)24-20(26)11-14-3-5-15(6-4-14)16-7-8-18(22)23-13-16/h3-8,12-13H,2,9-11H2,1H3,(H2,22,23)(H,24,25,26). The van der Waals surface area contributed by atoms with Crippen molar-refractivity contribution in [1.29, 1.82) is 0 Å². The molecule has 1 aliphatic rings. The molecule has 4 rings (SSSR count). The van der Waals surface area contributed by atoms with E-state index in [0.717, 1.165) is 35.3 Å². The van der Waals surface area contributed by atoms with Gasteiger partial charge in [-0.05, 0) is 36.1 Å². The minimum atomic E-state index is -0.115. The molecule has 6 nitrogen and oxygen atoms in total. The SMILES string of the molecule is CC1(c2cc(NC(=O)Cc3ccc(-c4ccc(N)nc4)cc3)no2)CCC1. The van der Waals surface area contributed by atoms with E-state index in [1.54, 1.807) is 12.3 Å². The maximum atomic E-state index is 12.3. The second kappa shape index (κ2) is 6.87. The van der Waals surface area contributed by atoms with Crippen LogP contribution in [0.2, 0.25) is 0 Å². The number of aromatic nitrogens is 2. The number of nitrogens with zero attached hydrogens (tertiary/aromatic N) is 2. The number of rotatable bonds is 5. The molecule has 0 spiro atoms. The topological polar surface area (TPSA) is 94.0 Å². The normalized spacial score (nSPS) is 15.1. The Bertz CT molecular complexity index is 941. The summed E-state index contributed by atoms with van der Waals surface area (Å²) >= 11 is 0. The number of nitrogens with two attached hydrogens (primary N) is 1. The van der Waals surface area contributed by atoms with Gasteiger partial charge in [0.2, 0.25) is 5.91 Å². The van der Waals surface area contributed by atoms with E-state index >= 15 is 0 Å². The number of carbonyl (C=O) groups is 1. The van der Waals surface area contributed by atoms with Crippen molar-refractivity contribution in [3.8, 4) is 11.1 Å². The van der Waals surface area contributed by atoms with E-state index in [1.165, 1.54) is 6.42 Å². The first-order valence-electron chi connectivity index (χ1n) is 9.10. The average molecular weight is 362 g/mol. The van der Waals surface area contributed by atoms with Gasteiger partial charge < -0.3 is 15.6 Å². The number of pyridine rings is 1. The summed E-state index contributed by atoms with van der Waals surface area (Å²) in [5, 5.41) is 6.80. The molecule has 1 saturated carbocycles. The van der Waals surface area contributed by atoms with E-state index in [9.17, 15) is 4.79 Å². The summed E-state index contributed by atoms with van der Waals surface area (Å²) in [6, 6.07) is 13.4. The van der Waals surface area contributed by atoms with Crippen LogP contribution in [-0.4, -0.2) is 16.0 Å². The van der Waals surface area contributed by atoms with Crippen molar-refractivity contribution in [2.24, 2.45) is 0 Å². The summed E-state index contributed by atoms with van der Waals surface area (Å²) < 4.78 is 5.42. The van der Waals surface area contributed by atoms with E-state index in [2.05, 4.69) is 22.4 Å². The van der Waals surface area contributed by atoms with Gasteiger partial charge in [-0.2, -0.15) is 0 Å². The molecule has 1 fully saturated rings. The minimum absolute atomic E-state index is 0.0722. The van der Waals surface area contributed by atoms with Crippen LogP contribution in [0, 0.1) is 0 Å². The molecule has 0 aliphatic heterocycles. The quantitative estimate of drug-likeness (QED) is 0.717. The molecule has 2 aromatic heterocycles. The number of hydrogen-bond donors (Lipinski definition) is 2. The third-order valence-electron chi connectivity index (χ3n) is 5.27. The third-order valence-corrected chi connectivity index (χ3v) is 5.27. The average Bonchev–Trinajstić information content (AvgIpc) is 3.10. The van der Waals surface area contributed by atoms with Crippen molar-refractivity contribution in [1.82, 2.24) is 10.1 Å². The second-order valence-electron chi connectivity index (χ2n) is 7.38. The number of benzene rings is 1. The fourth-order valence-corrected chi connectivity index (χ4v) is 3.34. The van der Waals surface area contributed by atoms with Crippen molar-refractivity contribution in [2.75, 3.05) is 11.1 Å². The van der Waals surface area contributed by atoms with Gasteiger partial charge in [0.15, 0.2) is 5.82 Å². The smallest absolute Gasteiger partial charge is 0.230 e. The van der Waals surface area contributed by atoms with Crippen LogP contribution in [0.1, 0.15) is 37.5 Å². The highest BCUT2D eigenvalue weighted by molar-refractivity contribution is 5.91. The van der Waals surface area contributed by atoms with Crippen molar-refractivity contribution >= 4 is 17.5 Å². The molecule has 0 atom stereocenters. The lowest BCUT2D eigenvalue weighted by Gasteiger charge is -2.35. The highest BCUT2D eigenvalue weighted by Crippen LogP contribution is 2.43. The molecule has 1 aliphatic carbocycles. The molecule has 138 valence electrons. The fraction of sp³-hybridized carbons (Fsp3) is 0.286. The maximum absolute atomic E-state index is 12.3. The van der Waals surface area contributed by atoms with Gasteiger partial charge in [0, 0.05) is 23.2 Å². The van der Waals surface area contributed by atoms with Gasteiger partial charge in [-0.25, -0.2) is 4.98 Å². The van der Waals surface area contributed by atoms with Gasteiger partial charge in [-0.1, -0.05) is 42.8 Å². The molecule has 1 aromatic carbocycles. The predicted molar refractivity (Wildman–Crippen MR) is 104 cm³/mol. The number of nitrogen functional groups attached to an aromatic ring is 1. The lowest BCUT2D eigenvalue weighted by molar-refractivity contribution is -0.115. The van der Waals surface area contributed by atoms with E-state index in [-0.39, 0.29) is 17.7 Å². The Hall–Kier alpha value is -3.15. The molecule has 3 aromatic rings. The lowest BCUT2D eigenvalue weighted by atomic mass is 9.69. The van der Waals surface area contributed by atoms with Crippen molar-refractivity contribution < 1.29 is 9.32 Å². The van der Waals surface area contributed by atoms with Crippen LogP contribution in [-0.2, 0) is 16.6 Å². The Balaban J connectivity index is 1.37. The molecular weight excluding hydrogens is 340 g/mol. The second-order valence-corrected chi connectivity index (χ2v) is 7.38. The van der Waals surface area contributed by atoms with E-state index in [0.29, 0.717) is 11.6 Å². The number of anilines is 2. The van der Waals surface area contributed by atoms with Crippen LogP contribution in [0.5, 0.6) is 0 Å². The van der Waals surface area contributed by atoms with Gasteiger partial charge in [-0.3, -0.25) is 4.79 Å². The number of carbonyl (C=O) groups excluding carboxylic acids is 1. The molecule has 0 radical (unpaired) electrons. The van der Waals surface area contributed by atoms with Crippen LogP contribution in [0.4, 0.5) is 11.6 Å². The van der Waals surface area contributed by atoms with Crippen LogP contribution in [0.3, 0.4) is 0 Å². The summed E-state index contributed by atoms with van der Waals surface area (Å²) in [7, 11) is 0. The summed E-state index contributed by atoms with van der Waals surface area (Å²) in [5.74, 6) is 1.71. The maximum Gasteiger partial charge on any atom is 0.230 e. The largest absolute Gasteiger partial charge is 0.384 e. The van der Waals surface area contributed by atoms with Crippen LogP contribution in [0.25, 0.3) is 11.1 Å². The minimum Gasteiger partial charge on any atom is -0.384 e. The molecule has 0 saturated heterocycles. The highest BCUT2D eigenvalue weighted by atomic mass is 16.5. The van der Waals surface area contributed by atoms with Crippen LogP contribution >= 0.6 is 0 Å². The van der Waals surface area contributed by atoms with Gasteiger partial charge in [0.25, 0.3) is 0 Å². The molecule has 1 amide bonds. The Morgan fingerprint density at radius 2 is 1.93 bits per heavy atom. The first-order chi connectivity index (χ1) is 13.0. The van der Waals surface area contributed by atoms with Crippen molar-refractivity contribution in [2.45, 2.75) is 38.0 Å². The monoisotopic (exact) mass is 362 g/mol. The fourth-order valence-electron chi connectivity index (χ4n) is 3.34. The Morgan fingerprint density at radius 1 is 1.19 bits per heavy atom. The van der Waals surface area contributed by atoms with E-state index < -0.39 is 0 Å². The number of nitrogens with one attached hydrogen (secondary N) is 1. The van der Waals surface area contributed by atoms with E-state index in [4.69, 9.17) is 10.3 Å². The first-order valence-corrected chi connectivity index (χ1v) is 9.10. The zero-order valence-electron chi connectivity index (χ0n) is 15.2. The molecule has 27 heavy (non-hydrogen) atoms. The molecule has 6 heteroatoms.